The molecular formula is C18H19NO5S. The van der Waals surface area contributed by atoms with Crippen molar-refractivity contribution >= 4 is 28.2 Å². The van der Waals surface area contributed by atoms with Gasteiger partial charge in [-0.05, 0) is 38.5 Å². The van der Waals surface area contributed by atoms with Gasteiger partial charge in [0, 0.05) is 4.88 Å². The molecule has 25 heavy (non-hydrogen) atoms. The maximum absolute atomic E-state index is 12.7. The molecule has 2 heterocycles. The number of fused-ring (bicyclic) bond motifs is 1. The molecule has 3 rings (SSSR count). The molecule has 0 aliphatic carbocycles. The fourth-order valence-corrected chi connectivity index (χ4v) is 3.70. The lowest BCUT2D eigenvalue weighted by atomic mass is 10.1. The van der Waals surface area contributed by atoms with Gasteiger partial charge in [-0.3, -0.25) is 4.79 Å². The van der Waals surface area contributed by atoms with Crippen LogP contribution in [0.4, 0.5) is 5.00 Å². The summed E-state index contributed by atoms with van der Waals surface area (Å²) in [6, 6.07) is 7.20. The zero-order valence-electron chi connectivity index (χ0n) is 14.4. The van der Waals surface area contributed by atoms with Gasteiger partial charge in [0.2, 0.25) is 6.10 Å². The van der Waals surface area contributed by atoms with E-state index in [1.807, 2.05) is 26.0 Å². The first kappa shape index (κ1) is 17.3. The van der Waals surface area contributed by atoms with Crippen molar-refractivity contribution in [3.63, 3.8) is 0 Å². The molecule has 6 nitrogen and oxygen atoms in total. The predicted octanol–water partition coefficient (Wildman–Crippen LogP) is 3.32. The van der Waals surface area contributed by atoms with Crippen LogP contribution in [0.5, 0.6) is 11.5 Å². The van der Waals surface area contributed by atoms with Gasteiger partial charge in [0.25, 0.3) is 5.91 Å². The first-order chi connectivity index (χ1) is 11.9. The van der Waals surface area contributed by atoms with Crippen molar-refractivity contribution in [1.29, 1.82) is 0 Å². The van der Waals surface area contributed by atoms with E-state index in [2.05, 4.69) is 5.32 Å². The fourth-order valence-electron chi connectivity index (χ4n) is 2.65. The van der Waals surface area contributed by atoms with Crippen LogP contribution in [0.15, 0.2) is 24.3 Å². The van der Waals surface area contributed by atoms with E-state index in [0.29, 0.717) is 22.1 Å². The molecule has 0 saturated carbocycles. The summed E-state index contributed by atoms with van der Waals surface area (Å²) in [4.78, 5) is 25.7. The summed E-state index contributed by atoms with van der Waals surface area (Å²) in [5, 5.41) is 3.25. The van der Waals surface area contributed by atoms with E-state index in [1.165, 1.54) is 18.4 Å². The average molecular weight is 361 g/mol. The predicted molar refractivity (Wildman–Crippen MR) is 94.7 cm³/mol. The smallest absolute Gasteiger partial charge is 0.341 e. The summed E-state index contributed by atoms with van der Waals surface area (Å²) >= 11 is 1.33. The number of carbonyl (C=O) groups excluding carboxylic acids is 2. The highest BCUT2D eigenvalue weighted by atomic mass is 32.1. The summed E-state index contributed by atoms with van der Waals surface area (Å²) in [7, 11) is 1.32. The third-order valence-electron chi connectivity index (χ3n) is 4.11. The molecule has 1 aliphatic rings. The van der Waals surface area contributed by atoms with Crippen molar-refractivity contribution in [2.24, 2.45) is 0 Å². The number of hydrogen-bond acceptors (Lipinski definition) is 6. The molecule has 1 aromatic heterocycles. The van der Waals surface area contributed by atoms with E-state index >= 15 is 0 Å². The number of amides is 1. The van der Waals surface area contributed by atoms with Gasteiger partial charge in [-0.15, -0.1) is 11.3 Å². The summed E-state index contributed by atoms with van der Waals surface area (Å²) in [5.41, 5.74) is 1.18. The zero-order valence-corrected chi connectivity index (χ0v) is 15.2. The number of benzene rings is 1. The first-order valence-electron chi connectivity index (χ1n) is 7.84. The average Bonchev–Trinajstić information content (AvgIpc) is 2.87. The molecule has 132 valence electrons. The minimum atomic E-state index is -0.817. The van der Waals surface area contributed by atoms with Crippen molar-refractivity contribution in [3.05, 3.63) is 40.3 Å². The van der Waals surface area contributed by atoms with Crippen LogP contribution >= 0.6 is 11.3 Å². The third kappa shape index (κ3) is 3.19. The molecule has 1 aliphatic heterocycles. The standard InChI is InChI=1S/C18H19NO5S/c1-9-11(3)25-17(14(9)18(21)22-4)19-16(20)15-10(2)23-12-7-5-6-8-13(12)24-15/h5-8,10,15H,1-4H3,(H,19,20)/t10-,15-/m0/s1. The van der Waals surface area contributed by atoms with E-state index in [9.17, 15) is 9.59 Å². The maximum Gasteiger partial charge on any atom is 0.341 e. The molecule has 0 bridgehead atoms. The molecule has 1 amide bonds. The van der Waals surface area contributed by atoms with E-state index in [0.717, 1.165) is 10.4 Å². The Bertz CT molecular complexity index is 829. The number of anilines is 1. The SMILES string of the molecule is COC(=O)c1c(NC(=O)[C@H]2Oc3ccccc3O[C@H]2C)sc(C)c1C. The van der Waals surface area contributed by atoms with Gasteiger partial charge in [-0.1, -0.05) is 12.1 Å². The number of hydrogen-bond donors (Lipinski definition) is 1. The van der Waals surface area contributed by atoms with Crippen LogP contribution in [0.3, 0.4) is 0 Å². The minimum absolute atomic E-state index is 0.367. The summed E-state index contributed by atoms with van der Waals surface area (Å²) in [6.07, 6.45) is -1.28. The largest absolute Gasteiger partial charge is 0.482 e. The van der Waals surface area contributed by atoms with Crippen molar-refractivity contribution < 1.29 is 23.8 Å². The second-order valence-electron chi connectivity index (χ2n) is 5.78. The molecule has 0 spiro atoms. The van der Waals surface area contributed by atoms with Crippen LogP contribution in [0.25, 0.3) is 0 Å². The lowest BCUT2D eigenvalue weighted by Crippen LogP contribution is -2.46. The number of rotatable bonds is 3. The van der Waals surface area contributed by atoms with Crippen LogP contribution in [0.1, 0.15) is 27.7 Å². The zero-order chi connectivity index (χ0) is 18.1. The third-order valence-corrected chi connectivity index (χ3v) is 5.23. The van der Waals surface area contributed by atoms with Crippen molar-refractivity contribution in [3.8, 4) is 11.5 Å². The Labute approximate surface area is 149 Å². The minimum Gasteiger partial charge on any atom is -0.482 e. The Morgan fingerprint density at radius 3 is 2.44 bits per heavy atom. The molecule has 2 atom stereocenters. The van der Waals surface area contributed by atoms with E-state index in [1.54, 1.807) is 19.1 Å². The maximum atomic E-state index is 12.7. The molecule has 2 aromatic rings. The summed E-state index contributed by atoms with van der Waals surface area (Å²) < 4.78 is 16.4. The van der Waals surface area contributed by atoms with E-state index in [4.69, 9.17) is 14.2 Å². The Morgan fingerprint density at radius 1 is 1.16 bits per heavy atom. The summed E-state index contributed by atoms with van der Waals surface area (Å²) in [6.45, 7) is 5.49. The first-order valence-corrected chi connectivity index (χ1v) is 8.65. The topological polar surface area (TPSA) is 73.9 Å². The molecule has 1 N–H and O–H groups in total. The van der Waals surface area contributed by atoms with E-state index < -0.39 is 18.2 Å². The molecule has 7 heteroatoms. The van der Waals surface area contributed by atoms with Gasteiger partial charge in [-0.2, -0.15) is 0 Å². The number of carbonyl (C=O) groups is 2. The number of thiophene rings is 1. The molecule has 0 unspecified atom stereocenters. The summed E-state index contributed by atoms with van der Waals surface area (Å²) in [5.74, 6) is 0.286. The van der Waals surface area contributed by atoms with E-state index in [-0.39, 0.29) is 5.91 Å². The van der Waals surface area contributed by atoms with Gasteiger partial charge in [0.1, 0.15) is 11.1 Å². The number of methoxy groups -OCH3 is 1. The van der Waals surface area contributed by atoms with Crippen LogP contribution in [0.2, 0.25) is 0 Å². The van der Waals surface area contributed by atoms with Gasteiger partial charge in [0.05, 0.1) is 12.7 Å². The quantitative estimate of drug-likeness (QED) is 0.849. The fraction of sp³-hybridized carbons (Fsp3) is 0.333. The number of aryl methyl sites for hydroxylation is 1. The van der Waals surface area contributed by atoms with Crippen molar-refractivity contribution in [2.75, 3.05) is 12.4 Å². The lowest BCUT2D eigenvalue weighted by molar-refractivity contribution is -0.127. The highest BCUT2D eigenvalue weighted by molar-refractivity contribution is 7.16. The second-order valence-corrected chi connectivity index (χ2v) is 7.00. The van der Waals surface area contributed by atoms with Crippen molar-refractivity contribution in [2.45, 2.75) is 33.0 Å². The molecule has 0 radical (unpaired) electrons. The normalized spacial score (nSPS) is 18.6. The molecule has 1 aromatic carbocycles. The lowest BCUT2D eigenvalue weighted by Gasteiger charge is -2.30. The Kier molecular flexibility index (Phi) is 4.67. The number of esters is 1. The second kappa shape index (κ2) is 6.76. The Morgan fingerprint density at radius 2 is 1.80 bits per heavy atom. The number of ether oxygens (including phenoxy) is 3. The molecule has 0 fully saturated rings. The Hall–Kier alpha value is -2.54. The van der Waals surface area contributed by atoms with Gasteiger partial charge >= 0.3 is 5.97 Å². The van der Waals surface area contributed by atoms with Crippen LogP contribution in [0, 0.1) is 13.8 Å². The van der Waals surface area contributed by atoms with Crippen LogP contribution in [-0.2, 0) is 9.53 Å². The number of nitrogens with one attached hydrogen (secondary N) is 1. The van der Waals surface area contributed by atoms with Crippen molar-refractivity contribution in [1.82, 2.24) is 0 Å². The van der Waals surface area contributed by atoms with Crippen LogP contribution in [-0.4, -0.2) is 31.2 Å². The van der Waals surface area contributed by atoms with Crippen LogP contribution < -0.4 is 14.8 Å². The van der Waals surface area contributed by atoms with Gasteiger partial charge in [-0.25, -0.2) is 4.79 Å². The molecular weight excluding hydrogens is 342 g/mol. The highest BCUT2D eigenvalue weighted by Gasteiger charge is 2.35. The van der Waals surface area contributed by atoms with Gasteiger partial charge < -0.3 is 19.5 Å². The number of para-hydroxylation sites is 2. The van der Waals surface area contributed by atoms with Gasteiger partial charge in [0.15, 0.2) is 11.5 Å². The highest BCUT2D eigenvalue weighted by Crippen LogP contribution is 2.36. The monoisotopic (exact) mass is 361 g/mol. The molecule has 0 saturated heterocycles. The Balaban J connectivity index is 1.84.